The van der Waals surface area contributed by atoms with Crippen LogP contribution in [0.5, 0.6) is 0 Å². The number of ether oxygens (including phenoxy) is 1. The molecular formula is C17H20ClF3N4O2S. The summed E-state index contributed by atoms with van der Waals surface area (Å²) in [7, 11) is 0. The Morgan fingerprint density at radius 1 is 1.54 bits per heavy atom. The molecule has 1 aromatic rings. The maximum Gasteiger partial charge on any atom is 0.389 e. The van der Waals surface area contributed by atoms with Crippen LogP contribution < -0.4 is 0 Å². The zero-order valence-electron chi connectivity index (χ0n) is 14.9. The van der Waals surface area contributed by atoms with Crippen molar-refractivity contribution in [3.05, 3.63) is 24.5 Å². The van der Waals surface area contributed by atoms with Gasteiger partial charge >= 0.3 is 6.18 Å². The highest BCUT2D eigenvalue weighted by atomic mass is 35.5. The number of hydrogen-bond acceptors (Lipinski definition) is 6. The Kier molecular flexibility index (Phi) is 8.71. The Balaban J connectivity index is 1.97. The lowest BCUT2D eigenvalue weighted by Crippen LogP contribution is -2.46. The van der Waals surface area contributed by atoms with Crippen LogP contribution in [0.1, 0.15) is 12.8 Å². The minimum absolute atomic E-state index is 0.0383. The molecule has 154 valence electrons. The van der Waals surface area contributed by atoms with Crippen molar-refractivity contribution in [2.75, 3.05) is 24.7 Å². The predicted octanol–water partition coefficient (Wildman–Crippen LogP) is 3.67. The van der Waals surface area contributed by atoms with Gasteiger partial charge in [0.2, 0.25) is 5.91 Å². The molecule has 1 aliphatic heterocycles. The second kappa shape index (κ2) is 10.8. The van der Waals surface area contributed by atoms with E-state index in [1.54, 1.807) is 18.3 Å². The van der Waals surface area contributed by atoms with Gasteiger partial charge in [0.25, 0.3) is 0 Å². The molecule has 28 heavy (non-hydrogen) atoms. The average Bonchev–Trinajstić information content (AvgIpc) is 3.44. The second-order valence-electron chi connectivity index (χ2n) is 6.01. The van der Waals surface area contributed by atoms with Crippen molar-refractivity contribution in [1.29, 1.82) is 5.41 Å². The minimum Gasteiger partial charge on any atom is -0.371 e. The molecule has 1 fully saturated rings. The van der Waals surface area contributed by atoms with E-state index in [-0.39, 0.29) is 41.7 Å². The fraction of sp³-hybridized carbons (Fsp3) is 0.529. The second-order valence-corrected chi connectivity index (χ2v) is 7.64. The molecule has 6 nitrogen and oxygen atoms in total. The topological polar surface area (TPSA) is 81.9 Å². The van der Waals surface area contributed by atoms with Crippen LogP contribution in [0.2, 0.25) is 0 Å². The molecular weight excluding hydrogens is 417 g/mol. The maximum absolute atomic E-state index is 12.6. The summed E-state index contributed by atoms with van der Waals surface area (Å²) in [5.41, 5.74) is 0.545. The first kappa shape index (κ1) is 22.6. The van der Waals surface area contributed by atoms with Crippen LogP contribution in [0.25, 0.3) is 0 Å². The number of hydrogen-bond donors (Lipinski definition) is 1. The smallest absolute Gasteiger partial charge is 0.371 e. The Hall–Kier alpha value is -1.65. The lowest BCUT2D eigenvalue weighted by atomic mass is 10.2. The third kappa shape index (κ3) is 8.57. The predicted molar refractivity (Wildman–Crippen MR) is 104 cm³/mol. The molecule has 0 radical (unpaired) electrons. The quantitative estimate of drug-likeness (QED) is 0.326. The van der Waals surface area contributed by atoms with Crippen LogP contribution in [0.4, 0.5) is 18.9 Å². The molecule has 0 aromatic carbocycles. The highest BCUT2D eigenvalue weighted by Gasteiger charge is 2.33. The van der Waals surface area contributed by atoms with Gasteiger partial charge in [-0.1, -0.05) is 11.6 Å². The van der Waals surface area contributed by atoms with E-state index in [0.29, 0.717) is 12.3 Å². The molecule has 1 aromatic heterocycles. The minimum atomic E-state index is -4.20. The Morgan fingerprint density at radius 3 is 2.86 bits per heavy atom. The first-order valence-corrected chi connectivity index (χ1v) is 10.0. The van der Waals surface area contributed by atoms with E-state index in [1.807, 2.05) is 0 Å². The molecule has 11 heteroatoms. The number of epoxide rings is 1. The summed E-state index contributed by atoms with van der Waals surface area (Å²) in [6.07, 6.45) is -0.672. The van der Waals surface area contributed by atoms with Crippen molar-refractivity contribution < 1.29 is 22.7 Å². The van der Waals surface area contributed by atoms with E-state index < -0.39 is 18.6 Å². The summed E-state index contributed by atoms with van der Waals surface area (Å²) >= 11 is 6.96. The van der Waals surface area contributed by atoms with Crippen LogP contribution in [0, 0.1) is 5.41 Å². The van der Waals surface area contributed by atoms with Gasteiger partial charge in [-0.2, -0.15) is 24.9 Å². The van der Waals surface area contributed by atoms with E-state index in [4.69, 9.17) is 21.7 Å². The number of alkyl halides is 3. The number of rotatable bonds is 11. The molecule has 0 spiro atoms. The molecule has 0 aliphatic carbocycles. The van der Waals surface area contributed by atoms with Gasteiger partial charge in [0.1, 0.15) is 11.2 Å². The lowest BCUT2D eigenvalue weighted by molar-refractivity contribution is -0.131. The summed E-state index contributed by atoms with van der Waals surface area (Å²) in [5.74, 6) is -0.165. The van der Waals surface area contributed by atoms with Gasteiger partial charge in [-0.05, 0) is 12.1 Å². The Morgan fingerprint density at radius 2 is 2.29 bits per heavy atom. The SMILES string of the molecule is N=C(Cl)C(C=Nc1cccnc1)N(CC1CO1)C(=O)CCSCCC(F)(F)F. The summed E-state index contributed by atoms with van der Waals surface area (Å²) in [6, 6.07) is 2.54. The molecule has 2 unspecified atom stereocenters. The zero-order chi connectivity index (χ0) is 20.6. The molecule has 2 atom stereocenters. The van der Waals surface area contributed by atoms with Crippen LogP contribution in [0.15, 0.2) is 29.5 Å². The van der Waals surface area contributed by atoms with Crippen molar-refractivity contribution in [2.24, 2.45) is 4.99 Å². The number of nitrogens with zero attached hydrogens (tertiary/aromatic N) is 3. The number of pyridine rings is 1. The molecule has 0 bridgehead atoms. The summed E-state index contributed by atoms with van der Waals surface area (Å²) in [6.45, 7) is 0.747. The van der Waals surface area contributed by atoms with Crippen LogP contribution in [-0.4, -0.2) is 70.2 Å². The van der Waals surface area contributed by atoms with E-state index in [9.17, 15) is 18.0 Å². The lowest BCUT2D eigenvalue weighted by Gasteiger charge is -2.27. The molecule has 1 saturated heterocycles. The molecule has 2 rings (SSSR count). The van der Waals surface area contributed by atoms with E-state index in [1.165, 1.54) is 17.3 Å². The van der Waals surface area contributed by atoms with Crippen LogP contribution >= 0.6 is 23.4 Å². The number of thioether (sulfide) groups is 1. The first-order valence-electron chi connectivity index (χ1n) is 8.50. The highest BCUT2D eigenvalue weighted by Crippen LogP contribution is 2.23. The fourth-order valence-electron chi connectivity index (χ4n) is 2.23. The number of carbonyl (C=O) groups excluding carboxylic acids is 1. The zero-order valence-corrected chi connectivity index (χ0v) is 16.4. The number of carbonyl (C=O) groups is 1. The molecule has 1 amide bonds. The van der Waals surface area contributed by atoms with Gasteiger partial charge < -0.3 is 9.64 Å². The van der Waals surface area contributed by atoms with Crippen LogP contribution in [-0.2, 0) is 9.53 Å². The number of halogens is 4. The van der Waals surface area contributed by atoms with Crippen molar-refractivity contribution >= 4 is 46.3 Å². The van der Waals surface area contributed by atoms with Gasteiger partial charge in [0.05, 0.1) is 37.6 Å². The van der Waals surface area contributed by atoms with Crippen molar-refractivity contribution in [1.82, 2.24) is 9.88 Å². The van der Waals surface area contributed by atoms with Gasteiger partial charge in [0, 0.05) is 30.3 Å². The number of aliphatic imine (C=N–C) groups is 1. The fourth-order valence-corrected chi connectivity index (χ4v) is 3.30. The normalized spacial score (nSPS) is 17.5. The standard InChI is InChI=1S/C17H20ClF3N4O2S/c18-16(22)14(9-24-12-2-1-5-23-8-12)25(10-13-11-27-13)15(26)3-6-28-7-4-17(19,20)21/h1-2,5,8-9,13-14,22H,3-4,6-7,10-11H2. The Bertz CT molecular complexity index is 687. The average molecular weight is 437 g/mol. The molecule has 0 saturated carbocycles. The third-order valence-electron chi connectivity index (χ3n) is 3.72. The van der Waals surface area contributed by atoms with E-state index in [0.717, 1.165) is 11.8 Å². The monoisotopic (exact) mass is 436 g/mol. The van der Waals surface area contributed by atoms with Crippen molar-refractivity contribution in [3.63, 3.8) is 0 Å². The molecule has 1 N–H and O–H groups in total. The number of amides is 1. The van der Waals surface area contributed by atoms with E-state index in [2.05, 4.69) is 9.98 Å². The third-order valence-corrected chi connectivity index (χ3v) is 4.93. The summed E-state index contributed by atoms with van der Waals surface area (Å²) in [5, 5.41) is 7.53. The van der Waals surface area contributed by atoms with Crippen LogP contribution in [0.3, 0.4) is 0 Å². The summed E-state index contributed by atoms with van der Waals surface area (Å²) in [4.78, 5) is 22.2. The Labute approximate surface area is 170 Å². The maximum atomic E-state index is 12.6. The molecule has 2 heterocycles. The van der Waals surface area contributed by atoms with E-state index >= 15 is 0 Å². The van der Waals surface area contributed by atoms with Gasteiger partial charge in [-0.3, -0.25) is 20.2 Å². The molecule has 1 aliphatic rings. The van der Waals surface area contributed by atoms with Crippen molar-refractivity contribution in [2.45, 2.75) is 31.2 Å². The van der Waals surface area contributed by atoms with Gasteiger partial charge in [0.15, 0.2) is 0 Å². The first-order chi connectivity index (χ1) is 13.3. The largest absolute Gasteiger partial charge is 0.389 e. The van der Waals surface area contributed by atoms with Gasteiger partial charge in [-0.25, -0.2) is 0 Å². The summed E-state index contributed by atoms with van der Waals surface area (Å²) < 4.78 is 41.7. The van der Waals surface area contributed by atoms with Gasteiger partial charge in [-0.15, -0.1) is 0 Å². The number of nitrogens with one attached hydrogen (secondary N) is 1. The number of aromatic nitrogens is 1. The highest BCUT2D eigenvalue weighted by molar-refractivity contribution is 7.99. The van der Waals surface area contributed by atoms with Crippen molar-refractivity contribution in [3.8, 4) is 0 Å².